The van der Waals surface area contributed by atoms with E-state index < -0.39 is 0 Å². The van der Waals surface area contributed by atoms with Gasteiger partial charge < -0.3 is 4.42 Å². The van der Waals surface area contributed by atoms with Crippen LogP contribution in [-0.2, 0) is 18.3 Å². The third-order valence-corrected chi connectivity index (χ3v) is 2.34. The zero-order chi connectivity index (χ0) is 10.1. The van der Waals surface area contributed by atoms with Crippen LogP contribution in [0.3, 0.4) is 0 Å². The van der Waals surface area contributed by atoms with E-state index in [2.05, 4.69) is 40.7 Å². The van der Waals surface area contributed by atoms with E-state index in [0.717, 1.165) is 24.4 Å². The quantitative estimate of drug-likeness (QED) is 0.676. The molecule has 0 amide bonds. The SMILES string of the molecule is CCc1cc(C(C)(C)C)c(CC)o1. The molecule has 1 aromatic heterocycles. The topological polar surface area (TPSA) is 13.1 Å². The second kappa shape index (κ2) is 3.57. The number of hydrogen-bond donors (Lipinski definition) is 0. The third kappa shape index (κ3) is 2.15. The van der Waals surface area contributed by atoms with Crippen molar-refractivity contribution in [3.8, 4) is 0 Å². The standard InChI is InChI=1S/C12H20O/c1-6-9-8-10(12(3,4)5)11(7-2)13-9/h8H,6-7H2,1-5H3. The van der Waals surface area contributed by atoms with Gasteiger partial charge in [0.1, 0.15) is 11.5 Å². The number of furan rings is 1. The molecule has 0 aliphatic carbocycles. The highest BCUT2D eigenvalue weighted by Crippen LogP contribution is 2.29. The minimum atomic E-state index is 0.211. The molecular weight excluding hydrogens is 160 g/mol. The van der Waals surface area contributed by atoms with Gasteiger partial charge in [0, 0.05) is 12.8 Å². The van der Waals surface area contributed by atoms with Crippen LogP contribution in [0.2, 0.25) is 0 Å². The van der Waals surface area contributed by atoms with Crippen molar-refractivity contribution >= 4 is 0 Å². The number of aryl methyl sites for hydroxylation is 2. The molecule has 74 valence electrons. The summed E-state index contributed by atoms with van der Waals surface area (Å²) in [6.07, 6.45) is 1.98. The van der Waals surface area contributed by atoms with Gasteiger partial charge in [0.05, 0.1) is 0 Å². The summed E-state index contributed by atoms with van der Waals surface area (Å²) >= 11 is 0. The molecule has 0 aliphatic rings. The van der Waals surface area contributed by atoms with E-state index in [-0.39, 0.29) is 5.41 Å². The first-order valence-electron chi connectivity index (χ1n) is 5.11. The summed E-state index contributed by atoms with van der Waals surface area (Å²) < 4.78 is 5.74. The van der Waals surface area contributed by atoms with Crippen molar-refractivity contribution in [1.29, 1.82) is 0 Å². The van der Waals surface area contributed by atoms with Gasteiger partial charge in [-0.1, -0.05) is 34.6 Å². The van der Waals surface area contributed by atoms with Crippen molar-refractivity contribution in [3.63, 3.8) is 0 Å². The van der Waals surface area contributed by atoms with E-state index in [1.807, 2.05) is 0 Å². The van der Waals surface area contributed by atoms with Gasteiger partial charge >= 0.3 is 0 Å². The van der Waals surface area contributed by atoms with Crippen LogP contribution in [0.5, 0.6) is 0 Å². The van der Waals surface area contributed by atoms with Gasteiger partial charge in [0.15, 0.2) is 0 Å². The molecule has 1 heteroatoms. The zero-order valence-corrected chi connectivity index (χ0v) is 9.40. The van der Waals surface area contributed by atoms with Crippen LogP contribution in [0.15, 0.2) is 10.5 Å². The lowest BCUT2D eigenvalue weighted by Crippen LogP contribution is -2.11. The van der Waals surface area contributed by atoms with Gasteiger partial charge in [-0.2, -0.15) is 0 Å². The molecular formula is C12H20O. The average molecular weight is 180 g/mol. The van der Waals surface area contributed by atoms with Crippen LogP contribution in [0.25, 0.3) is 0 Å². The van der Waals surface area contributed by atoms with Crippen LogP contribution >= 0.6 is 0 Å². The molecule has 0 atom stereocenters. The summed E-state index contributed by atoms with van der Waals surface area (Å²) in [6.45, 7) is 11.0. The maximum absolute atomic E-state index is 5.74. The first-order valence-corrected chi connectivity index (χ1v) is 5.11. The molecule has 0 aromatic carbocycles. The van der Waals surface area contributed by atoms with Crippen molar-refractivity contribution in [2.75, 3.05) is 0 Å². The van der Waals surface area contributed by atoms with Gasteiger partial charge in [-0.3, -0.25) is 0 Å². The van der Waals surface area contributed by atoms with Crippen molar-refractivity contribution in [2.45, 2.75) is 52.9 Å². The van der Waals surface area contributed by atoms with E-state index in [1.165, 1.54) is 5.56 Å². The van der Waals surface area contributed by atoms with Crippen molar-refractivity contribution in [2.24, 2.45) is 0 Å². The minimum absolute atomic E-state index is 0.211. The first kappa shape index (κ1) is 10.4. The summed E-state index contributed by atoms with van der Waals surface area (Å²) in [5, 5.41) is 0. The molecule has 0 bridgehead atoms. The van der Waals surface area contributed by atoms with E-state index in [1.54, 1.807) is 0 Å². The molecule has 0 saturated heterocycles. The average Bonchev–Trinajstić information content (AvgIpc) is 2.46. The molecule has 13 heavy (non-hydrogen) atoms. The highest BCUT2D eigenvalue weighted by atomic mass is 16.3. The van der Waals surface area contributed by atoms with Gasteiger partial charge in [0.2, 0.25) is 0 Å². The molecule has 0 saturated carbocycles. The largest absolute Gasteiger partial charge is 0.466 e. The molecule has 0 unspecified atom stereocenters. The maximum Gasteiger partial charge on any atom is 0.107 e. The lowest BCUT2D eigenvalue weighted by molar-refractivity contribution is 0.459. The highest BCUT2D eigenvalue weighted by Gasteiger charge is 2.20. The van der Waals surface area contributed by atoms with Crippen molar-refractivity contribution in [1.82, 2.24) is 0 Å². The molecule has 1 nitrogen and oxygen atoms in total. The van der Waals surface area contributed by atoms with Crippen LogP contribution in [0, 0.1) is 0 Å². The molecule has 1 heterocycles. The first-order chi connectivity index (χ1) is 5.99. The lowest BCUT2D eigenvalue weighted by Gasteiger charge is -2.17. The Morgan fingerprint density at radius 2 is 1.77 bits per heavy atom. The Labute approximate surface area is 81.1 Å². The predicted octanol–water partition coefficient (Wildman–Crippen LogP) is 3.70. The van der Waals surface area contributed by atoms with Crippen molar-refractivity contribution < 1.29 is 4.42 Å². The molecule has 0 radical (unpaired) electrons. The second-order valence-corrected chi connectivity index (χ2v) is 4.51. The summed E-state index contributed by atoms with van der Waals surface area (Å²) in [4.78, 5) is 0. The molecule has 1 rings (SSSR count). The Morgan fingerprint density at radius 1 is 1.15 bits per heavy atom. The van der Waals surface area contributed by atoms with Gasteiger partial charge in [-0.25, -0.2) is 0 Å². The number of rotatable bonds is 2. The van der Waals surface area contributed by atoms with Gasteiger partial charge in [-0.05, 0) is 17.0 Å². The van der Waals surface area contributed by atoms with E-state index in [0.29, 0.717) is 0 Å². The fourth-order valence-corrected chi connectivity index (χ4v) is 1.56. The van der Waals surface area contributed by atoms with Crippen LogP contribution in [-0.4, -0.2) is 0 Å². The Hall–Kier alpha value is -0.720. The second-order valence-electron chi connectivity index (χ2n) is 4.51. The van der Waals surface area contributed by atoms with Crippen LogP contribution in [0.4, 0.5) is 0 Å². The van der Waals surface area contributed by atoms with E-state index in [9.17, 15) is 0 Å². The minimum Gasteiger partial charge on any atom is -0.466 e. The summed E-state index contributed by atoms with van der Waals surface area (Å²) in [6, 6.07) is 2.21. The fraction of sp³-hybridized carbons (Fsp3) is 0.667. The summed E-state index contributed by atoms with van der Waals surface area (Å²) in [5.41, 5.74) is 1.58. The molecule has 1 aromatic rings. The Morgan fingerprint density at radius 3 is 2.08 bits per heavy atom. The zero-order valence-electron chi connectivity index (χ0n) is 9.40. The monoisotopic (exact) mass is 180 g/mol. The maximum atomic E-state index is 5.74. The third-order valence-electron chi connectivity index (χ3n) is 2.34. The van der Waals surface area contributed by atoms with E-state index in [4.69, 9.17) is 4.42 Å². The summed E-state index contributed by atoms with van der Waals surface area (Å²) in [5.74, 6) is 2.27. The Bertz CT molecular complexity index is 276. The predicted molar refractivity (Wildman–Crippen MR) is 56.2 cm³/mol. The smallest absolute Gasteiger partial charge is 0.107 e. The van der Waals surface area contributed by atoms with Gasteiger partial charge in [0.25, 0.3) is 0 Å². The van der Waals surface area contributed by atoms with Crippen molar-refractivity contribution in [3.05, 3.63) is 23.2 Å². The van der Waals surface area contributed by atoms with Gasteiger partial charge in [-0.15, -0.1) is 0 Å². The molecule has 0 aliphatic heterocycles. The molecule has 0 spiro atoms. The highest BCUT2D eigenvalue weighted by molar-refractivity contribution is 5.28. The Kier molecular flexibility index (Phi) is 2.84. The number of hydrogen-bond acceptors (Lipinski definition) is 1. The van der Waals surface area contributed by atoms with Crippen LogP contribution < -0.4 is 0 Å². The fourth-order valence-electron chi connectivity index (χ4n) is 1.56. The van der Waals surface area contributed by atoms with Crippen LogP contribution in [0.1, 0.15) is 51.7 Å². The van der Waals surface area contributed by atoms with E-state index >= 15 is 0 Å². The lowest BCUT2D eigenvalue weighted by atomic mass is 9.86. The molecule has 0 N–H and O–H groups in total. The summed E-state index contributed by atoms with van der Waals surface area (Å²) in [7, 11) is 0. The Balaban J connectivity index is 3.11. The molecule has 0 fully saturated rings. The normalized spacial score (nSPS) is 12.1.